The fraction of sp³-hybridized carbons (Fsp3) is 0.647. The maximum absolute atomic E-state index is 5.56. The minimum atomic E-state index is 0.836. The van der Waals surface area contributed by atoms with E-state index in [-0.39, 0.29) is 0 Å². The Morgan fingerprint density at radius 3 is 2.50 bits per heavy atom. The van der Waals surface area contributed by atoms with Gasteiger partial charge in [0.1, 0.15) is 0 Å². The molecule has 1 aromatic rings. The van der Waals surface area contributed by atoms with E-state index in [0.29, 0.717) is 0 Å². The van der Waals surface area contributed by atoms with Gasteiger partial charge in [-0.1, -0.05) is 6.07 Å². The average molecular weight is 306 g/mol. The van der Waals surface area contributed by atoms with Crippen molar-refractivity contribution in [3.05, 3.63) is 23.3 Å². The molecule has 5 heteroatoms. The molecular weight excluding hydrogens is 280 g/mol. The third-order valence-corrected chi connectivity index (χ3v) is 4.65. The van der Waals surface area contributed by atoms with Crippen LogP contribution in [0.3, 0.4) is 0 Å². The highest BCUT2D eigenvalue weighted by Gasteiger charge is 2.22. The smallest absolute Gasteiger partial charge is 0.164 e. The first kappa shape index (κ1) is 15.6. The van der Waals surface area contributed by atoms with E-state index >= 15 is 0 Å². The number of benzene rings is 1. The molecular formula is C17H26N2O3. The molecule has 122 valence electrons. The summed E-state index contributed by atoms with van der Waals surface area (Å²) in [5.41, 5.74) is 2.68. The number of morpholine rings is 1. The highest BCUT2D eigenvalue weighted by Crippen LogP contribution is 2.36. The maximum atomic E-state index is 5.56. The molecule has 3 rings (SSSR count). The first-order valence-electron chi connectivity index (χ1n) is 8.07. The molecule has 0 aromatic heterocycles. The standard InChI is InChI=1S/C17H26N2O3/c1-20-16-4-3-14-13-19(6-5-15(14)17(16)21-2)8-7-18-9-11-22-12-10-18/h3-4H,5-13H2,1-2H3. The highest BCUT2D eigenvalue weighted by atomic mass is 16.5. The maximum Gasteiger partial charge on any atom is 0.164 e. The van der Waals surface area contributed by atoms with Crippen molar-refractivity contribution in [1.29, 1.82) is 0 Å². The summed E-state index contributed by atoms with van der Waals surface area (Å²) in [6, 6.07) is 4.20. The van der Waals surface area contributed by atoms with Crippen LogP contribution in [0.5, 0.6) is 11.5 Å². The summed E-state index contributed by atoms with van der Waals surface area (Å²) in [6.45, 7) is 8.21. The molecule has 22 heavy (non-hydrogen) atoms. The largest absolute Gasteiger partial charge is 0.493 e. The first-order valence-corrected chi connectivity index (χ1v) is 8.07. The molecule has 0 amide bonds. The summed E-state index contributed by atoms with van der Waals surface area (Å²) in [6.07, 6.45) is 1.03. The van der Waals surface area contributed by atoms with Crippen LogP contribution in [-0.4, -0.2) is 70.0 Å². The van der Waals surface area contributed by atoms with Crippen molar-refractivity contribution in [3.63, 3.8) is 0 Å². The van der Waals surface area contributed by atoms with Gasteiger partial charge in [-0.15, -0.1) is 0 Å². The van der Waals surface area contributed by atoms with Crippen LogP contribution < -0.4 is 9.47 Å². The lowest BCUT2D eigenvalue weighted by Gasteiger charge is -2.33. The number of fused-ring (bicyclic) bond motifs is 1. The number of ether oxygens (including phenoxy) is 3. The molecule has 2 aliphatic heterocycles. The Morgan fingerprint density at radius 2 is 1.77 bits per heavy atom. The van der Waals surface area contributed by atoms with Crippen LogP contribution >= 0.6 is 0 Å². The quantitative estimate of drug-likeness (QED) is 0.821. The Labute approximate surface area is 132 Å². The molecule has 1 aromatic carbocycles. The second-order valence-corrected chi connectivity index (χ2v) is 5.92. The van der Waals surface area contributed by atoms with Crippen molar-refractivity contribution >= 4 is 0 Å². The monoisotopic (exact) mass is 306 g/mol. The van der Waals surface area contributed by atoms with Gasteiger partial charge < -0.3 is 14.2 Å². The van der Waals surface area contributed by atoms with Gasteiger partial charge in [-0.3, -0.25) is 9.80 Å². The molecule has 0 saturated carbocycles. The molecule has 1 saturated heterocycles. The summed E-state index contributed by atoms with van der Waals surface area (Å²) in [5.74, 6) is 1.75. The number of rotatable bonds is 5. The Hall–Kier alpha value is -1.30. The average Bonchev–Trinajstić information content (AvgIpc) is 2.59. The summed E-state index contributed by atoms with van der Waals surface area (Å²) in [5, 5.41) is 0. The number of methoxy groups -OCH3 is 2. The third kappa shape index (κ3) is 3.37. The summed E-state index contributed by atoms with van der Waals surface area (Å²) in [7, 11) is 3.42. The van der Waals surface area contributed by atoms with Gasteiger partial charge in [-0.2, -0.15) is 0 Å². The summed E-state index contributed by atoms with van der Waals surface area (Å²) in [4.78, 5) is 5.03. The van der Waals surface area contributed by atoms with Crippen LogP contribution in [0.2, 0.25) is 0 Å². The molecule has 0 N–H and O–H groups in total. The number of hydrogen-bond donors (Lipinski definition) is 0. The fourth-order valence-corrected chi connectivity index (χ4v) is 3.34. The summed E-state index contributed by atoms with van der Waals surface area (Å²) >= 11 is 0. The van der Waals surface area contributed by atoms with Crippen molar-refractivity contribution in [3.8, 4) is 11.5 Å². The minimum absolute atomic E-state index is 0.836. The van der Waals surface area contributed by atoms with Crippen LogP contribution in [-0.2, 0) is 17.7 Å². The molecule has 0 aliphatic carbocycles. The molecule has 2 aliphatic rings. The zero-order chi connectivity index (χ0) is 15.4. The van der Waals surface area contributed by atoms with Gasteiger partial charge in [0.2, 0.25) is 0 Å². The van der Waals surface area contributed by atoms with E-state index in [4.69, 9.17) is 14.2 Å². The van der Waals surface area contributed by atoms with E-state index in [2.05, 4.69) is 15.9 Å². The van der Waals surface area contributed by atoms with Gasteiger partial charge >= 0.3 is 0 Å². The lowest BCUT2D eigenvalue weighted by molar-refractivity contribution is 0.0326. The highest BCUT2D eigenvalue weighted by molar-refractivity contribution is 5.51. The lowest BCUT2D eigenvalue weighted by atomic mass is 9.98. The van der Waals surface area contributed by atoms with Gasteiger partial charge in [-0.05, 0) is 18.1 Å². The Bertz CT molecular complexity index is 501. The van der Waals surface area contributed by atoms with E-state index in [9.17, 15) is 0 Å². The topological polar surface area (TPSA) is 34.2 Å². The van der Waals surface area contributed by atoms with E-state index in [0.717, 1.165) is 70.4 Å². The van der Waals surface area contributed by atoms with Crippen LogP contribution in [0.1, 0.15) is 11.1 Å². The fourth-order valence-electron chi connectivity index (χ4n) is 3.34. The van der Waals surface area contributed by atoms with Gasteiger partial charge in [0.15, 0.2) is 11.5 Å². The molecule has 0 radical (unpaired) electrons. The molecule has 5 nitrogen and oxygen atoms in total. The van der Waals surface area contributed by atoms with Gasteiger partial charge in [0.25, 0.3) is 0 Å². The molecule has 2 heterocycles. The molecule has 0 atom stereocenters. The Kier molecular flexibility index (Phi) is 5.18. The van der Waals surface area contributed by atoms with Gasteiger partial charge in [-0.25, -0.2) is 0 Å². The van der Waals surface area contributed by atoms with E-state index in [1.807, 2.05) is 6.07 Å². The van der Waals surface area contributed by atoms with Crippen molar-refractivity contribution in [2.24, 2.45) is 0 Å². The molecule has 0 spiro atoms. The van der Waals surface area contributed by atoms with Gasteiger partial charge in [0, 0.05) is 44.8 Å². The zero-order valence-corrected chi connectivity index (χ0v) is 13.6. The summed E-state index contributed by atoms with van der Waals surface area (Å²) < 4.78 is 16.4. The van der Waals surface area contributed by atoms with E-state index in [1.165, 1.54) is 11.1 Å². The second-order valence-electron chi connectivity index (χ2n) is 5.92. The van der Waals surface area contributed by atoms with E-state index in [1.54, 1.807) is 14.2 Å². The predicted molar refractivity (Wildman–Crippen MR) is 85.8 cm³/mol. The second kappa shape index (κ2) is 7.31. The Morgan fingerprint density at radius 1 is 1.00 bits per heavy atom. The van der Waals surface area contributed by atoms with Crippen molar-refractivity contribution < 1.29 is 14.2 Å². The number of nitrogens with zero attached hydrogens (tertiary/aromatic N) is 2. The van der Waals surface area contributed by atoms with Crippen molar-refractivity contribution in [2.45, 2.75) is 13.0 Å². The van der Waals surface area contributed by atoms with Crippen LogP contribution in [0.4, 0.5) is 0 Å². The Balaban J connectivity index is 1.61. The lowest BCUT2D eigenvalue weighted by Crippen LogP contribution is -2.42. The van der Waals surface area contributed by atoms with Crippen molar-refractivity contribution in [2.75, 3.05) is 60.2 Å². The van der Waals surface area contributed by atoms with Crippen LogP contribution in [0, 0.1) is 0 Å². The molecule has 0 bridgehead atoms. The SMILES string of the molecule is COc1ccc2c(c1OC)CCN(CCN1CCOCC1)C2. The van der Waals surface area contributed by atoms with E-state index < -0.39 is 0 Å². The van der Waals surface area contributed by atoms with Crippen LogP contribution in [0.15, 0.2) is 12.1 Å². The van der Waals surface area contributed by atoms with Gasteiger partial charge in [0.05, 0.1) is 27.4 Å². The third-order valence-electron chi connectivity index (χ3n) is 4.65. The minimum Gasteiger partial charge on any atom is -0.493 e. The zero-order valence-electron chi connectivity index (χ0n) is 13.6. The molecule has 1 fully saturated rings. The van der Waals surface area contributed by atoms with Crippen molar-refractivity contribution in [1.82, 2.24) is 9.80 Å². The first-order chi connectivity index (χ1) is 10.8. The van der Waals surface area contributed by atoms with Crippen LogP contribution in [0.25, 0.3) is 0 Å². The number of hydrogen-bond acceptors (Lipinski definition) is 5. The normalized spacial score (nSPS) is 19.7. The predicted octanol–water partition coefficient (Wildman–Crippen LogP) is 1.39. The molecule has 0 unspecified atom stereocenters.